The minimum atomic E-state index is -0.964. The molecule has 0 saturated carbocycles. The zero-order valence-electron chi connectivity index (χ0n) is 20.5. The van der Waals surface area contributed by atoms with E-state index in [-0.39, 0.29) is 31.3 Å². The van der Waals surface area contributed by atoms with Gasteiger partial charge in [-0.3, -0.25) is 9.78 Å². The van der Waals surface area contributed by atoms with Crippen molar-refractivity contribution in [2.45, 2.75) is 63.6 Å². The lowest BCUT2D eigenvalue weighted by Gasteiger charge is -2.30. The zero-order chi connectivity index (χ0) is 25.5. The number of carbonyl (C=O) groups excluding carboxylic acids is 1. The Morgan fingerprint density at radius 1 is 1.11 bits per heavy atom. The molecule has 3 aromatic rings. The number of aliphatic hydroxyl groups is 1. The second-order valence-electron chi connectivity index (χ2n) is 9.50. The molecule has 1 aliphatic carbocycles. The van der Waals surface area contributed by atoms with Gasteiger partial charge < -0.3 is 15.7 Å². The number of amides is 1. The van der Waals surface area contributed by atoms with Crippen molar-refractivity contribution < 1.29 is 18.7 Å². The molecule has 3 N–H and O–H groups in total. The molecule has 2 aromatic carbocycles. The maximum absolute atomic E-state index is 13.8. The van der Waals surface area contributed by atoms with Gasteiger partial charge in [0.1, 0.15) is 11.6 Å². The Hall–Kier alpha value is -3.16. The van der Waals surface area contributed by atoms with E-state index in [1.165, 1.54) is 28.8 Å². The van der Waals surface area contributed by atoms with E-state index in [9.17, 15) is 18.7 Å². The first-order valence-corrected chi connectivity index (χ1v) is 12.6. The summed E-state index contributed by atoms with van der Waals surface area (Å²) in [5, 5.41) is 17.5. The zero-order valence-corrected chi connectivity index (χ0v) is 20.5. The maximum atomic E-state index is 13.8. The van der Waals surface area contributed by atoms with Crippen LogP contribution in [0.4, 0.5) is 8.78 Å². The number of carbonyl (C=O) groups is 1. The van der Waals surface area contributed by atoms with Crippen molar-refractivity contribution in [3.05, 3.63) is 100 Å². The third kappa shape index (κ3) is 6.95. The molecule has 5 nitrogen and oxygen atoms in total. The van der Waals surface area contributed by atoms with Crippen LogP contribution >= 0.6 is 0 Å². The van der Waals surface area contributed by atoms with Gasteiger partial charge in [-0.15, -0.1) is 0 Å². The van der Waals surface area contributed by atoms with Gasteiger partial charge in [-0.05, 0) is 78.1 Å². The van der Waals surface area contributed by atoms with Gasteiger partial charge >= 0.3 is 0 Å². The second-order valence-corrected chi connectivity index (χ2v) is 9.50. The van der Waals surface area contributed by atoms with Crippen LogP contribution < -0.4 is 10.6 Å². The largest absolute Gasteiger partial charge is 0.390 e. The van der Waals surface area contributed by atoms with Crippen LogP contribution in [0.3, 0.4) is 0 Å². The number of fused-ring (bicyclic) bond motifs is 1. The molecular weight excluding hydrogens is 460 g/mol. The lowest BCUT2D eigenvalue weighted by atomic mass is 9.86. The van der Waals surface area contributed by atoms with Gasteiger partial charge in [-0.1, -0.05) is 31.2 Å². The first-order valence-electron chi connectivity index (χ1n) is 12.6. The molecule has 4 rings (SSSR count). The molecule has 1 aromatic heterocycles. The van der Waals surface area contributed by atoms with Crippen LogP contribution in [0.5, 0.6) is 0 Å². The summed E-state index contributed by atoms with van der Waals surface area (Å²) in [7, 11) is 0. The van der Waals surface area contributed by atoms with Gasteiger partial charge in [0.2, 0.25) is 5.91 Å². The molecule has 1 aliphatic rings. The molecule has 190 valence electrons. The molecule has 1 amide bonds. The summed E-state index contributed by atoms with van der Waals surface area (Å²) in [5.41, 5.74) is 4.97. The van der Waals surface area contributed by atoms with Crippen LogP contribution in [-0.2, 0) is 30.5 Å². The maximum Gasteiger partial charge on any atom is 0.224 e. The molecule has 0 aliphatic heterocycles. The Bertz CT molecular complexity index is 1150. The van der Waals surface area contributed by atoms with E-state index >= 15 is 0 Å². The summed E-state index contributed by atoms with van der Waals surface area (Å²) in [4.78, 5) is 16.8. The molecule has 1 heterocycles. The second kappa shape index (κ2) is 12.2. The highest BCUT2D eigenvalue weighted by atomic mass is 19.1. The molecule has 0 saturated heterocycles. The van der Waals surface area contributed by atoms with Crippen molar-refractivity contribution in [1.82, 2.24) is 15.6 Å². The number of rotatable bonds is 10. The number of hydrogen-bond donors (Lipinski definition) is 3. The van der Waals surface area contributed by atoms with Crippen molar-refractivity contribution in [3.63, 3.8) is 0 Å². The van der Waals surface area contributed by atoms with E-state index in [0.29, 0.717) is 5.56 Å². The Labute approximate surface area is 211 Å². The Morgan fingerprint density at radius 2 is 1.92 bits per heavy atom. The number of halogens is 2. The first-order chi connectivity index (χ1) is 17.4. The lowest BCUT2D eigenvalue weighted by molar-refractivity contribution is -0.122. The van der Waals surface area contributed by atoms with Crippen LogP contribution in [0.2, 0.25) is 0 Å². The van der Waals surface area contributed by atoms with Gasteiger partial charge in [-0.25, -0.2) is 8.78 Å². The number of benzene rings is 2. The Balaban J connectivity index is 1.47. The molecular formula is C29H33F2N3O2. The van der Waals surface area contributed by atoms with Crippen LogP contribution in [-0.4, -0.2) is 34.7 Å². The minimum Gasteiger partial charge on any atom is -0.390 e. The van der Waals surface area contributed by atoms with E-state index in [4.69, 9.17) is 0 Å². The van der Waals surface area contributed by atoms with Gasteiger partial charge in [0, 0.05) is 31.0 Å². The van der Waals surface area contributed by atoms with Crippen LogP contribution in [0, 0.1) is 11.6 Å². The highest BCUT2D eigenvalue weighted by molar-refractivity contribution is 5.78. The van der Waals surface area contributed by atoms with E-state index in [0.717, 1.165) is 37.3 Å². The van der Waals surface area contributed by atoms with Crippen molar-refractivity contribution >= 4 is 5.91 Å². The van der Waals surface area contributed by atoms with Gasteiger partial charge in [-0.2, -0.15) is 0 Å². The van der Waals surface area contributed by atoms with Crippen LogP contribution in [0.1, 0.15) is 53.6 Å². The lowest BCUT2D eigenvalue weighted by Crippen LogP contribution is -2.49. The molecule has 7 heteroatoms. The summed E-state index contributed by atoms with van der Waals surface area (Å²) in [5.74, 6) is -1.67. The fourth-order valence-electron chi connectivity index (χ4n) is 4.90. The number of nitrogens with zero attached hydrogens (tertiary/aromatic N) is 1. The Morgan fingerprint density at radius 3 is 2.64 bits per heavy atom. The molecule has 0 bridgehead atoms. The highest BCUT2D eigenvalue weighted by Gasteiger charge is 2.26. The van der Waals surface area contributed by atoms with Crippen molar-refractivity contribution in [1.29, 1.82) is 0 Å². The molecule has 3 atom stereocenters. The average Bonchev–Trinajstić information content (AvgIpc) is 2.86. The normalized spacial score (nSPS) is 16.7. The van der Waals surface area contributed by atoms with Crippen molar-refractivity contribution in [2.24, 2.45) is 0 Å². The van der Waals surface area contributed by atoms with Gasteiger partial charge in [0.05, 0.1) is 18.6 Å². The minimum absolute atomic E-state index is 0.0948. The summed E-state index contributed by atoms with van der Waals surface area (Å²) in [6, 6.07) is 12.8. The third-order valence-electron chi connectivity index (χ3n) is 6.78. The smallest absolute Gasteiger partial charge is 0.224 e. The summed E-state index contributed by atoms with van der Waals surface area (Å²) >= 11 is 0. The number of aromatic nitrogens is 1. The standard InChI is InChI=1S/C29H33F2N3O2/c1-2-19-8-9-22-6-3-7-26(25(22)13-19)33-18-28(35)27(14-21-11-23(30)16-24(31)12-21)34-29(36)15-20-5-4-10-32-17-20/h4-5,8-13,16-17,26-28,33,35H,2-3,6-7,14-15,18H2,1H3,(H,34,36). The molecule has 3 unspecified atom stereocenters. The predicted molar refractivity (Wildman–Crippen MR) is 135 cm³/mol. The monoisotopic (exact) mass is 493 g/mol. The van der Waals surface area contributed by atoms with Gasteiger partial charge in [0.15, 0.2) is 0 Å². The number of aryl methyl sites for hydroxylation is 2. The number of aliphatic hydroxyl groups excluding tert-OH is 1. The van der Waals surface area contributed by atoms with E-state index < -0.39 is 23.8 Å². The fourth-order valence-corrected chi connectivity index (χ4v) is 4.90. The molecule has 36 heavy (non-hydrogen) atoms. The SMILES string of the molecule is CCc1ccc2c(c1)C(NCC(O)C(Cc1cc(F)cc(F)c1)NC(=O)Cc1cccnc1)CCC2. The molecule has 0 radical (unpaired) electrons. The Kier molecular flexibility index (Phi) is 8.78. The van der Waals surface area contributed by atoms with Crippen LogP contribution in [0.15, 0.2) is 60.9 Å². The number of pyridine rings is 1. The molecule has 0 spiro atoms. The first kappa shape index (κ1) is 25.9. The van der Waals surface area contributed by atoms with E-state index in [1.54, 1.807) is 24.5 Å². The van der Waals surface area contributed by atoms with E-state index in [1.807, 2.05) is 0 Å². The predicted octanol–water partition coefficient (Wildman–Crippen LogP) is 4.22. The third-order valence-corrected chi connectivity index (χ3v) is 6.78. The van der Waals surface area contributed by atoms with E-state index in [2.05, 4.69) is 40.7 Å². The van der Waals surface area contributed by atoms with Crippen molar-refractivity contribution in [2.75, 3.05) is 6.54 Å². The summed E-state index contributed by atoms with van der Waals surface area (Å²) < 4.78 is 27.6. The van der Waals surface area contributed by atoms with Crippen molar-refractivity contribution in [3.8, 4) is 0 Å². The summed E-state index contributed by atoms with van der Waals surface area (Å²) in [6.45, 7) is 2.36. The average molecular weight is 494 g/mol. The topological polar surface area (TPSA) is 74.2 Å². The highest BCUT2D eigenvalue weighted by Crippen LogP contribution is 2.30. The van der Waals surface area contributed by atoms with Crippen LogP contribution in [0.25, 0.3) is 0 Å². The quantitative estimate of drug-likeness (QED) is 0.395. The van der Waals surface area contributed by atoms with Gasteiger partial charge in [0.25, 0.3) is 0 Å². The molecule has 0 fully saturated rings. The number of hydrogen-bond acceptors (Lipinski definition) is 4. The summed E-state index contributed by atoms with van der Waals surface area (Å²) in [6.07, 6.45) is 6.48. The number of nitrogens with one attached hydrogen (secondary N) is 2. The fraction of sp³-hybridized carbons (Fsp3) is 0.379.